The van der Waals surface area contributed by atoms with E-state index < -0.39 is 15.4 Å². The minimum Gasteiger partial charge on any atom is -0.469 e. The highest BCUT2D eigenvalue weighted by atomic mass is 32.2. The number of carbonyl (C=O) groups is 1. The van der Waals surface area contributed by atoms with E-state index in [1.807, 2.05) is 25.5 Å². The van der Waals surface area contributed by atoms with Crippen molar-refractivity contribution < 1.29 is 17.9 Å². The Labute approximate surface area is 125 Å². The van der Waals surface area contributed by atoms with Crippen LogP contribution in [0.2, 0.25) is 0 Å². The number of nitrogens with zero attached hydrogens (tertiary/aromatic N) is 2. The molecule has 21 heavy (non-hydrogen) atoms. The number of rotatable bonds is 4. The fraction of sp³-hybridized carbons (Fsp3) is 0.714. The monoisotopic (exact) mass is 314 g/mol. The van der Waals surface area contributed by atoms with Gasteiger partial charge in [0.25, 0.3) is 0 Å². The van der Waals surface area contributed by atoms with Gasteiger partial charge in [-0.25, -0.2) is 8.42 Å². The van der Waals surface area contributed by atoms with Crippen LogP contribution in [0.4, 0.5) is 0 Å². The molecular weight excluding hydrogens is 292 g/mol. The van der Waals surface area contributed by atoms with Gasteiger partial charge in [0.05, 0.1) is 29.8 Å². The van der Waals surface area contributed by atoms with E-state index in [4.69, 9.17) is 0 Å². The number of aryl methyl sites for hydroxylation is 1. The maximum Gasteiger partial charge on any atom is 0.305 e. The molecule has 0 aromatic carbocycles. The maximum atomic E-state index is 11.8. The van der Waals surface area contributed by atoms with Gasteiger partial charge in [0.15, 0.2) is 9.84 Å². The molecule has 1 aliphatic heterocycles. The molecule has 0 amide bonds. The average molecular weight is 314 g/mol. The van der Waals surface area contributed by atoms with Crippen molar-refractivity contribution in [3.8, 4) is 0 Å². The first kappa shape index (κ1) is 16.0. The normalized spacial score (nSPS) is 24.2. The number of ether oxygens (including phenoxy) is 1. The Kier molecular flexibility index (Phi) is 4.15. The van der Waals surface area contributed by atoms with Crippen LogP contribution in [0.3, 0.4) is 0 Å². The summed E-state index contributed by atoms with van der Waals surface area (Å²) < 4.78 is 30.0. The molecule has 0 radical (unpaired) electrons. The molecule has 1 aliphatic rings. The molecule has 1 aromatic heterocycles. The molecule has 0 spiro atoms. The number of methoxy groups -OCH3 is 1. The summed E-state index contributed by atoms with van der Waals surface area (Å²) in [5.41, 5.74) is 2.31. The number of esters is 1. The van der Waals surface area contributed by atoms with Gasteiger partial charge >= 0.3 is 5.97 Å². The van der Waals surface area contributed by atoms with Crippen LogP contribution in [0.25, 0.3) is 0 Å². The van der Waals surface area contributed by atoms with E-state index in [0.29, 0.717) is 19.3 Å². The van der Waals surface area contributed by atoms with Crippen molar-refractivity contribution in [1.29, 1.82) is 0 Å². The summed E-state index contributed by atoms with van der Waals surface area (Å²) in [5, 5.41) is 4.53. The van der Waals surface area contributed by atoms with Crippen molar-refractivity contribution >= 4 is 15.8 Å². The van der Waals surface area contributed by atoms with Gasteiger partial charge in [0, 0.05) is 12.1 Å². The molecule has 7 heteroatoms. The number of carbonyl (C=O) groups excluding carboxylic acids is 1. The zero-order chi connectivity index (χ0) is 15.8. The fourth-order valence-corrected chi connectivity index (χ4v) is 5.16. The highest BCUT2D eigenvalue weighted by Gasteiger charge is 2.41. The zero-order valence-corrected chi connectivity index (χ0v) is 13.8. The Morgan fingerprint density at radius 2 is 2.10 bits per heavy atom. The van der Waals surface area contributed by atoms with Crippen LogP contribution in [-0.2, 0) is 31.3 Å². The van der Waals surface area contributed by atoms with Gasteiger partial charge in [-0.2, -0.15) is 5.10 Å². The van der Waals surface area contributed by atoms with Crippen LogP contribution in [0.15, 0.2) is 0 Å². The lowest BCUT2D eigenvalue weighted by Gasteiger charge is -2.24. The molecule has 0 bridgehead atoms. The molecule has 1 aromatic rings. The van der Waals surface area contributed by atoms with E-state index in [-0.39, 0.29) is 17.5 Å². The van der Waals surface area contributed by atoms with Crippen molar-refractivity contribution in [2.45, 2.75) is 45.6 Å². The summed E-state index contributed by atoms with van der Waals surface area (Å²) >= 11 is 0. The predicted octanol–water partition coefficient (Wildman–Crippen LogP) is 1.14. The molecular formula is C14H22N2O4S. The Morgan fingerprint density at radius 1 is 1.43 bits per heavy atom. The molecule has 2 heterocycles. The maximum absolute atomic E-state index is 11.8. The second kappa shape index (κ2) is 5.44. The second-order valence-electron chi connectivity index (χ2n) is 5.98. The average Bonchev–Trinajstić information content (AvgIpc) is 2.85. The summed E-state index contributed by atoms with van der Waals surface area (Å²) in [5.74, 6) is 0.0776. The van der Waals surface area contributed by atoms with Crippen molar-refractivity contribution in [2.75, 3.05) is 18.6 Å². The van der Waals surface area contributed by atoms with Gasteiger partial charge in [-0.1, -0.05) is 0 Å². The first-order valence-corrected chi connectivity index (χ1v) is 8.83. The van der Waals surface area contributed by atoms with E-state index in [2.05, 4.69) is 9.84 Å². The van der Waals surface area contributed by atoms with Crippen molar-refractivity contribution in [1.82, 2.24) is 9.78 Å². The van der Waals surface area contributed by atoms with Crippen LogP contribution in [0, 0.1) is 13.8 Å². The molecule has 1 unspecified atom stereocenters. The number of sulfone groups is 1. The van der Waals surface area contributed by atoms with Crippen LogP contribution < -0.4 is 0 Å². The first-order valence-electron chi connectivity index (χ1n) is 7.01. The van der Waals surface area contributed by atoms with Crippen LogP contribution >= 0.6 is 0 Å². The van der Waals surface area contributed by atoms with Gasteiger partial charge in [-0.3, -0.25) is 9.48 Å². The first-order chi connectivity index (χ1) is 9.68. The van der Waals surface area contributed by atoms with Crippen molar-refractivity contribution in [2.24, 2.45) is 0 Å². The van der Waals surface area contributed by atoms with E-state index in [9.17, 15) is 13.2 Å². The van der Waals surface area contributed by atoms with Crippen molar-refractivity contribution in [3.05, 3.63) is 17.0 Å². The lowest BCUT2D eigenvalue weighted by molar-refractivity contribution is -0.140. The Morgan fingerprint density at radius 3 is 2.62 bits per heavy atom. The topological polar surface area (TPSA) is 78.3 Å². The third kappa shape index (κ3) is 3.12. The minimum atomic E-state index is -2.99. The van der Waals surface area contributed by atoms with Crippen LogP contribution in [0.1, 0.15) is 36.7 Å². The number of aromatic nitrogens is 2. The zero-order valence-electron chi connectivity index (χ0n) is 13.0. The highest BCUT2D eigenvalue weighted by molar-refractivity contribution is 7.91. The molecule has 2 rings (SSSR count). The lowest BCUT2D eigenvalue weighted by Crippen LogP contribution is -2.33. The quantitative estimate of drug-likeness (QED) is 0.779. The Bertz CT molecular complexity index is 663. The molecule has 1 saturated heterocycles. The highest BCUT2D eigenvalue weighted by Crippen LogP contribution is 2.32. The molecule has 0 saturated carbocycles. The largest absolute Gasteiger partial charge is 0.469 e. The van der Waals surface area contributed by atoms with E-state index in [0.717, 1.165) is 17.0 Å². The fourth-order valence-electron chi connectivity index (χ4n) is 3.05. The van der Waals surface area contributed by atoms with Gasteiger partial charge in [0.2, 0.25) is 0 Å². The van der Waals surface area contributed by atoms with Crippen LogP contribution in [0.5, 0.6) is 0 Å². The second-order valence-corrected chi connectivity index (χ2v) is 8.16. The SMILES string of the molecule is COC(=O)CCc1c(C)nn(C2(C)CCS(=O)(=O)C2)c1C. The summed E-state index contributed by atoms with van der Waals surface area (Å²) in [6.45, 7) is 5.76. The predicted molar refractivity (Wildman–Crippen MR) is 79.0 cm³/mol. The molecule has 0 aliphatic carbocycles. The summed E-state index contributed by atoms with van der Waals surface area (Å²) in [4.78, 5) is 11.3. The molecule has 0 N–H and O–H groups in total. The van der Waals surface area contributed by atoms with E-state index >= 15 is 0 Å². The Balaban J connectivity index is 2.29. The van der Waals surface area contributed by atoms with Crippen molar-refractivity contribution in [3.63, 3.8) is 0 Å². The minimum absolute atomic E-state index is 0.123. The summed E-state index contributed by atoms with van der Waals surface area (Å²) in [7, 11) is -1.62. The standard InChI is InChI=1S/C14H22N2O4S/c1-10-12(5-6-13(17)20-4)11(2)16(15-10)14(3)7-8-21(18,19)9-14/h5-9H2,1-4H3. The van der Waals surface area contributed by atoms with Gasteiger partial charge in [-0.15, -0.1) is 0 Å². The molecule has 1 atom stereocenters. The van der Waals surface area contributed by atoms with E-state index in [1.54, 1.807) is 0 Å². The third-order valence-electron chi connectivity index (χ3n) is 4.24. The van der Waals surface area contributed by atoms with Gasteiger partial charge in [0.1, 0.15) is 0 Å². The molecule has 1 fully saturated rings. The summed E-state index contributed by atoms with van der Waals surface area (Å²) in [6.07, 6.45) is 1.44. The van der Waals surface area contributed by atoms with Gasteiger partial charge < -0.3 is 4.74 Å². The van der Waals surface area contributed by atoms with Crippen LogP contribution in [-0.4, -0.2) is 42.8 Å². The number of hydrogen-bond acceptors (Lipinski definition) is 5. The molecule has 118 valence electrons. The van der Waals surface area contributed by atoms with E-state index in [1.165, 1.54) is 7.11 Å². The third-order valence-corrected chi connectivity index (χ3v) is 6.13. The smallest absolute Gasteiger partial charge is 0.305 e. The van der Waals surface area contributed by atoms with Gasteiger partial charge in [-0.05, 0) is 39.2 Å². The summed E-state index contributed by atoms with van der Waals surface area (Å²) in [6, 6.07) is 0. The molecule has 6 nitrogen and oxygen atoms in total. The Hall–Kier alpha value is -1.37. The number of hydrogen-bond donors (Lipinski definition) is 0. The lowest BCUT2D eigenvalue weighted by atomic mass is 10.0.